The van der Waals surface area contributed by atoms with Crippen molar-refractivity contribution < 1.29 is 0 Å². The lowest BCUT2D eigenvalue weighted by Crippen LogP contribution is -1.99. The SMILES string of the molecule is c1cc(-n2cc(-c3ccc(-c4cn(-c5cccc(-n6c7ccccc7c7ccccc76)c5)nn4)cc3)nn2)cc(-n2c3ccccc3c3ccccc32)c1. The van der Waals surface area contributed by atoms with Crippen molar-refractivity contribution in [2.75, 3.05) is 0 Å². The van der Waals surface area contributed by atoms with Gasteiger partial charge in [0.25, 0.3) is 0 Å². The summed E-state index contributed by atoms with van der Waals surface area (Å²) in [4.78, 5) is 0. The van der Waals surface area contributed by atoms with Crippen LogP contribution in [0.4, 0.5) is 0 Å². The molecule has 0 amide bonds. The van der Waals surface area contributed by atoms with Gasteiger partial charge in [0.1, 0.15) is 11.4 Å². The lowest BCUT2D eigenvalue weighted by molar-refractivity contribution is 0.803. The van der Waals surface area contributed by atoms with Crippen LogP contribution in [0.2, 0.25) is 0 Å². The minimum absolute atomic E-state index is 0.786. The smallest absolute Gasteiger partial charge is 0.113 e. The predicted octanol–water partition coefficient (Wildman–Crippen LogP) is 10.4. The largest absolute Gasteiger partial charge is 0.309 e. The monoisotopic (exact) mass is 694 g/mol. The highest BCUT2D eigenvalue weighted by Gasteiger charge is 2.15. The Bertz CT molecular complexity index is 2860. The molecule has 0 saturated carbocycles. The van der Waals surface area contributed by atoms with E-state index >= 15 is 0 Å². The molecular weight excluding hydrogens is 665 g/mol. The Balaban J connectivity index is 0.870. The number of rotatable bonds is 6. The zero-order valence-electron chi connectivity index (χ0n) is 28.9. The summed E-state index contributed by atoms with van der Waals surface area (Å²) in [5.74, 6) is 0. The Kier molecular flexibility index (Phi) is 6.69. The van der Waals surface area contributed by atoms with Crippen molar-refractivity contribution in [3.63, 3.8) is 0 Å². The van der Waals surface area contributed by atoms with E-state index in [1.807, 2.05) is 21.8 Å². The van der Waals surface area contributed by atoms with Gasteiger partial charge in [-0.1, -0.05) is 120 Å². The third kappa shape index (κ3) is 4.78. The number of nitrogens with zero attached hydrogens (tertiary/aromatic N) is 8. The summed E-state index contributed by atoms with van der Waals surface area (Å²) < 4.78 is 8.28. The molecule has 254 valence electrons. The zero-order valence-corrected chi connectivity index (χ0v) is 28.9. The molecule has 0 unspecified atom stereocenters. The molecule has 0 bridgehead atoms. The quantitative estimate of drug-likeness (QED) is 0.174. The van der Waals surface area contributed by atoms with Gasteiger partial charge in [0, 0.05) is 44.0 Å². The van der Waals surface area contributed by atoms with Crippen LogP contribution in [-0.4, -0.2) is 39.1 Å². The van der Waals surface area contributed by atoms with Crippen LogP contribution in [0.1, 0.15) is 0 Å². The van der Waals surface area contributed by atoms with Crippen LogP contribution in [0.15, 0.2) is 182 Å². The second-order valence-corrected chi connectivity index (χ2v) is 13.5. The fourth-order valence-corrected chi connectivity index (χ4v) is 7.81. The van der Waals surface area contributed by atoms with E-state index in [1.165, 1.54) is 43.6 Å². The molecule has 4 heterocycles. The van der Waals surface area contributed by atoms with E-state index < -0.39 is 0 Å². The van der Waals surface area contributed by atoms with Gasteiger partial charge in [-0.05, 0) is 60.7 Å². The van der Waals surface area contributed by atoms with Crippen LogP contribution in [0.25, 0.3) is 88.9 Å². The molecule has 4 aromatic heterocycles. The molecule has 0 saturated heterocycles. The minimum atomic E-state index is 0.786. The fraction of sp³-hybridized carbons (Fsp3) is 0. The van der Waals surface area contributed by atoms with E-state index in [0.29, 0.717) is 0 Å². The Labute approximate surface area is 309 Å². The second-order valence-electron chi connectivity index (χ2n) is 13.5. The van der Waals surface area contributed by atoms with Gasteiger partial charge in [0.2, 0.25) is 0 Å². The number of aromatic nitrogens is 8. The van der Waals surface area contributed by atoms with Gasteiger partial charge in [0.05, 0.1) is 45.8 Å². The molecule has 7 aromatic carbocycles. The van der Waals surface area contributed by atoms with Crippen LogP contribution in [0, 0.1) is 0 Å². The van der Waals surface area contributed by atoms with Crippen LogP contribution in [0.5, 0.6) is 0 Å². The van der Waals surface area contributed by atoms with E-state index in [1.54, 1.807) is 0 Å². The van der Waals surface area contributed by atoms with Crippen LogP contribution in [-0.2, 0) is 0 Å². The van der Waals surface area contributed by atoms with E-state index in [4.69, 9.17) is 0 Å². The molecular formula is C46H30N8. The predicted molar refractivity (Wildman–Crippen MR) is 216 cm³/mol. The zero-order chi connectivity index (χ0) is 35.6. The first-order chi connectivity index (χ1) is 26.8. The summed E-state index contributed by atoms with van der Waals surface area (Å²) in [7, 11) is 0. The minimum Gasteiger partial charge on any atom is -0.309 e. The van der Waals surface area contributed by atoms with E-state index in [2.05, 4.69) is 200 Å². The molecule has 8 nitrogen and oxygen atoms in total. The van der Waals surface area contributed by atoms with E-state index in [9.17, 15) is 0 Å². The van der Waals surface area contributed by atoms with Gasteiger partial charge in [0.15, 0.2) is 0 Å². The topological polar surface area (TPSA) is 71.3 Å². The number of hydrogen-bond acceptors (Lipinski definition) is 4. The van der Waals surface area contributed by atoms with Crippen molar-refractivity contribution in [3.05, 3.63) is 182 Å². The Morgan fingerprint density at radius 3 is 1.02 bits per heavy atom. The molecule has 0 radical (unpaired) electrons. The van der Waals surface area contributed by atoms with Crippen molar-refractivity contribution in [1.29, 1.82) is 0 Å². The van der Waals surface area contributed by atoms with Crippen LogP contribution in [0.3, 0.4) is 0 Å². The van der Waals surface area contributed by atoms with Crippen molar-refractivity contribution in [2.24, 2.45) is 0 Å². The first kappa shape index (κ1) is 30.1. The van der Waals surface area contributed by atoms with Gasteiger partial charge in [-0.2, -0.15) is 0 Å². The Morgan fingerprint density at radius 2 is 0.648 bits per heavy atom. The molecule has 0 aliphatic carbocycles. The molecule has 8 heteroatoms. The first-order valence-electron chi connectivity index (χ1n) is 17.9. The van der Waals surface area contributed by atoms with Gasteiger partial charge in [-0.15, -0.1) is 10.2 Å². The van der Waals surface area contributed by atoms with E-state index in [0.717, 1.165) is 45.3 Å². The summed E-state index contributed by atoms with van der Waals surface area (Å²) in [5.41, 5.74) is 12.2. The lowest BCUT2D eigenvalue weighted by atomic mass is 10.1. The molecule has 54 heavy (non-hydrogen) atoms. The van der Waals surface area contributed by atoms with Gasteiger partial charge >= 0.3 is 0 Å². The van der Waals surface area contributed by atoms with Gasteiger partial charge in [-0.3, -0.25) is 0 Å². The molecule has 0 fully saturated rings. The highest BCUT2D eigenvalue weighted by molar-refractivity contribution is 6.10. The summed E-state index contributed by atoms with van der Waals surface area (Å²) in [6.45, 7) is 0. The third-order valence-corrected chi connectivity index (χ3v) is 10.3. The summed E-state index contributed by atoms with van der Waals surface area (Å²) in [6, 6.07) is 59.2. The Morgan fingerprint density at radius 1 is 0.315 bits per heavy atom. The molecule has 0 atom stereocenters. The van der Waals surface area contributed by atoms with Crippen molar-refractivity contribution in [2.45, 2.75) is 0 Å². The molecule has 0 N–H and O–H groups in total. The Hall–Kier alpha value is -7.58. The standard InChI is InChI=1S/C46H30N8/c1-5-19-43-37(15-1)38-16-2-6-20-44(38)53(43)35-13-9-11-33(27-35)51-29-41(47-49-51)31-23-25-32(26-24-31)42-30-52(50-48-42)34-12-10-14-36(28-34)54-45-21-7-3-17-39(45)40-18-4-8-22-46(40)54/h1-30H. The third-order valence-electron chi connectivity index (χ3n) is 10.3. The highest BCUT2D eigenvalue weighted by atomic mass is 15.4. The molecule has 0 aliphatic heterocycles. The second kappa shape index (κ2) is 12.0. The number of fused-ring (bicyclic) bond motifs is 6. The average molecular weight is 695 g/mol. The molecule has 0 aliphatic rings. The van der Waals surface area contributed by atoms with Crippen molar-refractivity contribution in [3.8, 4) is 45.3 Å². The molecule has 11 aromatic rings. The number of hydrogen-bond donors (Lipinski definition) is 0. The maximum Gasteiger partial charge on any atom is 0.113 e. The maximum atomic E-state index is 4.54. The molecule has 0 spiro atoms. The van der Waals surface area contributed by atoms with Gasteiger partial charge < -0.3 is 9.13 Å². The molecule has 11 rings (SSSR count). The van der Waals surface area contributed by atoms with Crippen molar-refractivity contribution >= 4 is 43.6 Å². The fourth-order valence-electron chi connectivity index (χ4n) is 7.81. The highest BCUT2D eigenvalue weighted by Crippen LogP contribution is 2.34. The number of benzene rings is 7. The van der Waals surface area contributed by atoms with Crippen molar-refractivity contribution in [1.82, 2.24) is 39.1 Å². The first-order valence-corrected chi connectivity index (χ1v) is 17.9. The normalized spacial score (nSPS) is 11.7. The van der Waals surface area contributed by atoms with Crippen LogP contribution < -0.4 is 0 Å². The summed E-state index contributed by atoms with van der Waals surface area (Å²) >= 11 is 0. The van der Waals surface area contributed by atoms with Crippen LogP contribution >= 0.6 is 0 Å². The number of para-hydroxylation sites is 4. The lowest BCUT2D eigenvalue weighted by Gasteiger charge is -2.09. The maximum absolute atomic E-state index is 4.54. The van der Waals surface area contributed by atoms with E-state index in [-0.39, 0.29) is 0 Å². The van der Waals surface area contributed by atoms with Gasteiger partial charge in [-0.25, -0.2) is 9.36 Å². The average Bonchev–Trinajstić information content (AvgIpc) is 4.05. The summed E-state index contributed by atoms with van der Waals surface area (Å²) in [5, 5.41) is 23.0. The summed E-state index contributed by atoms with van der Waals surface area (Å²) in [6.07, 6.45) is 3.95.